The third kappa shape index (κ3) is 4.21. The largest absolute Gasteiger partial charge is 0.507 e. The third-order valence-corrected chi connectivity index (χ3v) is 4.86. The molecule has 0 aliphatic carbocycles. The molecule has 2 aliphatic heterocycles. The van der Waals surface area contributed by atoms with Crippen LogP contribution in [0.5, 0.6) is 5.75 Å². The average molecular weight is 362 g/mol. The number of hydrogen-bond acceptors (Lipinski definition) is 6. The first kappa shape index (κ1) is 17.5. The number of hydrogen-bond donors (Lipinski definition) is 2. The minimum atomic E-state index is -0.537. The Balaban J connectivity index is 1.61. The lowest BCUT2D eigenvalue weighted by atomic mass is 10.2. The van der Waals surface area contributed by atoms with Crippen molar-refractivity contribution in [3.05, 3.63) is 34.7 Å². The molecule has 2 saturated heterocycles. The molecule has 0 unspecified atom stereocenters. The molecular weight excluding hydrogens is 344 g/mol. The van der Waals surface area contributed by atoms with E-state index in [1.165, 1.54) is 12.1 Å². The van der Waals surface area contributed by atoms with Gasteiger partial charge in [0.25, 0.3) is 11.1 Å². The zero-order valence-corrected chi connectivity index (χ0v) is 14.3. The molecule has 2 aliphatic rings. The van der Waals surface area contributed by atoms with Crippen molar-refractivity contribution in [2.45, 2.75) is 18.9 Å². The van der Waals surface area contributed by atoms with Crippen LogP contribution >= 0.6 is 11.8 Å². The molecule has 2 N–H and O–H groups in total. The number of carbonyl (C=O) groups excluding carboxylic acids is 3. The van der Waals surface area contributed by atoms with Crippen LogP contribution in [-0.2, 0) is 14.3 Å². The summed E-state index contributed by atoms with van der Waals surface area (Å²) >= 11 is 0.753. The number of ether oxygens (including phenoxy) is 1. The van der Waals surface area contributed by atoms with Gasteiger partial charge in [0.15, 0.2) is 0 Å². The molecule has 25 heavy (non-hydrogen) atoms. The highest BCUT2D eigenvalue weighted by molar-refractivity contribution is 8.18. The number of phenolic OH excluding ortho intramolecular Hbond substituents is 1. The summed E-state index contributed by atoms with van der Waals surface area (Å²) < 4.78 is 5.41. The van der Waals surface area contributed by atoms with E-state index in [-0.39, 0.29) is 23.3 Å². The smallest absolute Gasteiger partial charge is 0.294 e. The van der Waals surface area contributed by atoms with Crippen molar-refractivity contribution >= 4 is 34.9 Å². The SMILES string of the molecule is O=C(CN1C(=O)S/C(=C\c2ccccc2O)C1=O)NC[C@H]1CCCO1. The molecule has 7 nitrogen and oxygen atoms in total. The number of thioether (sulfide) groups is 1. The minimum Gasteiger partial charge on any atom is -0.507 e. The summed E-state index contributed by atoms with van der Waals surface area (Å²) in [6.45, 7) is 0.749. The predicted molar refractivity (Wildman–Crippen MR) is 92.8 cm³/mol. The van der Waals surface area contributed by atoms with E-state index in [0.717, 1.165) is 29.5 Å². The molecule has 132 valence electrons. The molecule has 8 heteroatoms. The van der Waals surface area contributed by atoms with E-state index in [4.69, 9.17) is 4.74 Å². The maximum Gasteiger partial charge on any atom is 0.294 e. The van der Waals surface area contributed by atoms with Crippen LogP contribution in [0.3, 0.4) is 0 Å². The molecule has 3 rings (SSSR count). The number of imide groups is 1. The number of carbonyl (C=O) groups is 3. The first-order chi connectivity index (χ1) is 12.0. The fourth-order valence-electron chi connectivity index (χ4n) is 2.62. The Morgan fingerprint density at radius 2 is 2.20 bits per heavy atom. The first-order valence-electron chi connectivity index (χ1n) is 7.96. The maximum absolute atomic E-state index is 12.4. The molecule has 3 amide bonds. The summed E-state index contributed by atoms with van der Waals surface area (Å²) in [6, 6.07) is 6.51. The lowest BCUT2D eigenvalue weighted by molar-refractivity contribution is -0.129. The third-order valence-electron chi connectivity index (χ3n) is 3.95. The van der Waals surface area contributed by atoms with Crippen LogP contribution in [0.2, 0.25) is 0 Å². The molecule has 1 aromatic carbocycles. The molecule has 0 spiro atoms. The standard InChI is InChI=1S/C17H18N2O5S/c20-13-6-2-1-4-11(13)8-14-16(22)19(17(23)25-14)10-15(21)18-9-12-5-3-7-24-12/h1-2,4,6,8,12,20H,3,5,7,9-10H2,(H,18,21)/b14-8-/t12-/m1/s1. The van der Waals surface area contributed by atoms with E-state index < -0.39 is 17.1 Å². The van der Waals surface area contributed by atoms with Crippen molar-refractivity contribution < 1.29 is 24.2 Å². The van der Waals surface area contributed by atoms with Gasteiger partial charge in [0.2, 0.25) is 5.91 Å². The second-order valence-corrected chi connectivity index (χ2v) is 6.76. The highest BCUT2D eigenvalue weighted by Crippen LogP contribution is 2.33. The van der Waals surface area contributed by atoms with Crippen molar-refractivity contribution in [1.82, 2.24) is 10.2 Å². The number of amides is 3. The van der Waals surface area contributed by atoms with Gasteiger partial charge < -0.3 is 15.2 Å². The molecule has 1 aromatic rings. The van der Waals surface area contributed by atoms with Gasteiger partial charge in [0.1, 0.15) is 12.3 Å². The molecule has 0 bridgehead atoms. The van der Waals surface area contributed by atoms with Crippen LogP contribution in [0, 0.1) is 0 Å². The Labute approximate surface area is 149 Å². The molecule has 0 radical (unpaired) electrons. The van der Waals surface area contributed by atoms with Crippen LogP contribution in [0.4, 0.5) is 4.79 Å². The quantitative estimate of drug-likeness (QED) is 0.775. The van der Waals surface area contributed by atoms with E-state index in [9.17, 15) is 19.5 Å². The molecule has 1 atom stereocenters. The van der Waals surface area contributed by atoms with Gasteiger partial charge in [-0.15, -0.1) is 0 Å². The highest BCUT2D eigenvalue weighted by atomic mass is 32.2. The summed E-state index contributed by atoms with van der Waals surface area (Å²) in [4.78, 5) is 37.5. The number of nitrogens with zero attached hydrogens (tertiary/aromatic N) is 1. The Bertz CT molecular complexity index is 728. The van der Waals surface area contributed by atoms with E-state index >= 15 is 0 Å². The van der Waals surface area contributed by atoms with Crippen molar-refractivity contribution in [3.8, 4) is 5.75 Å². The zero-order valence-electron chi connectivity index (χ0n) is 13.4. The second-order valence-electron chi connectivity index (χ2n) is 5.77. The molecule has 2 fully saturated rings. The summed E-state index contributed by atoms with van der Waals surface area (Å²) in [5, 5.41) is 12.0. The van der Waals surface area contributed by atoms with Gasteiger partial charge in [-0.2, -0.15) is 0 Å². The Kier molecular flexibility index (Phi) is 5.40. The highest BCUT2D eigenvalue weighted by Gasteiger charge is 2.36. The Morgan fingerprint density at radius 1 is 1.40 bits per heavy atom. The summed E-state index contributed by atoms with van der Waals surface area (Å²) in [6.07, 6.45) is 3.32. The van der Waals surface area contributed by atoms with Gasteiger partial charge in [-0.25, -0.2) is 0 Å². The monoisotopic (exact) mass is 362 g/mol. The number of nitrogens with one attached hydrogen (secondary N) is 1. The second kappa shape index (κ2) is 7.71. The van der Waals surface area contributed by atoms with Crippen LogP contribution in [0.15, 0.2) is 29.2 Å². The number of rotatable bonds is 5. The van der Waals surface area contributed by atoms with Gasteiger partial charge in [-0.3, -0.25) is 19.3 Å². The fraction of sp³-hybridized carbons (Fsp3) is 0.353. The first-order valence-corrected chi connectivity index (χ1v) is 8.78. The van der Waals surface area contributed by atoms with E-state index in [2.05, 4.69) is 5.32 Å². The maximum atomic E-state index is 12.4. The average Bonchev–Trinajstić information content (AvgIpc) is 3.19. The van der Waals surface area contributed by atoms with E-state index in [1.54, 1.807) is 18.2 Å². The lowest BCUT2D eigenvalue weighted by Gasteiger charge is -2.14. The predicted octanol–water partition coefficient (Wildman–Crippen LogP) is 1.72. The van der Waals surface area contributed by atoms with Crippen molar-refractivity contribution in [3.63, 3.8) is 0 Å². The van der Waals surface area contributed by atoms with Gasteiger partial charge in [0, 0.05) is 18.7 Å². The van der Waals surface area contributed by atoms with Crippen LogP contribution in [0.1, 0.15) is 18.4 Å². The van der Waals surface area contributed by atoms with E-state index in [0.29, 0.717) is 18.7 Å². The topological polar surface area (TPSA) is 95.9 Å². The zero-order chi connectivity index (χ0) is 17.8. The minimum absolute atomic E-state index is 0.000168. The summed E-state index contributed by atoms with van der Waals surface area (Å²) in [5.41, 5.74) is 0.441. The summed E-state index contributed by atoms with van der Waals surface area (Å²) in [5.74, 6) is -0.921. The van der Waals surface area contributed by atoms with Gasteiger partial charge in [-0.1, -0.05) is 18.2 Å². The van der Waals surface area contributed by atoms with Crippen LogP contribution in [0.25, 0.3) is 6.08 Å². The van der Waals surface area contributed by atoms with Crippen molar-refractivity contribution in [1.29, 1.82) is 0 Å². The van der Waals surface area contributed by atoms with Gasteiger partial charge >= 0.3 is 0 Å². The number of benzene rings is 1. The van der Waals surface area contributed by atoms with Crippen molar-refractivity contribution in [2.24, 2.45) is 0 Å². The Morgan fingerprint density at radius 3 is 2.92 bits per heavy atom. The number of phenols is 1. The van der Waals surface area contributed by atoms with Crippen molar-refractivity contribution in [2.75, 3.05) is 19.7 Å². The molecule has 0 saturated carbocycles. The normalized spacial score (nSPS) is 22.0. The number of para-hydroxylation sites is 1. The molecule has 0 aromatic heterocycles. The Hall–Kier alpha value is -2.32. The lowest BCUT2D eigenvalue weighted by Crippen LogP contribution is -2.41. The number of aromatic hydroxyl groups is 1. The van der Waals surface area contributed by atoms with Gasteiger partial charge in [-0.05, 0) is 36.7 Å². The summed E-state index contributed by atoms with van der Waals surface area (Å²) in [7, 11) is 0. The fourth-order valence-corrected chi connectivity index (χ4v) is 3.45. The molecule has 2 heterocycles. The van der Waals surface area contributed by atoms with E-state index in [1.807, 2.05) is 0 Å². The van der Waals surface area contributed by atoms with Crippen LogP contribution in [-0.4, -0.2) is 52.9 Å². The molecular formula is C17H18N2O5S. The van der Waals surface area contributed by atoms with Crippen LogP contribution < -0.4 is 5.32 Å². The van der Waals surface area contributed by atoms with Gasteiger partial charge in [0.05, 0.1) is 11.0 Å².